The van der Waals surface area contributed by atoms with Crippen LogP contribution in [0.25, 0.3) is 6.08 Å². The first kappa shape index (κ1) is 20.0. The third kappa shape index (κ3) is 7.08. The van der Waals surface area contributed by atoms with Gasteiger partial charge in [0.05, 0.1) is 19.0 Å². The number of esters is 1. The fraction of sp³-hybridized carbons (Fsp3) is 0.0455. The predicted octanol–water partition coefficient (Wildman–Crippen LogP) is 3.90. The van der Waals surface area contributed by atoms with Crippen molar-refractivity contribution in [3.63, 3.8) is 0 Å². The van der Waals surface area contributed by atoms with E-state index in [1.54, 1.807) is 42.8 Å². The quantitative estimate of drug-likeness (QED) is 0.155. The molecular weight excluding hydrogens is 386 g/mol. The van der Waals surface area contributed by atoms with E-state index in [9.17, 15) is 4.79 Å². The van der Waals surface area contributed by atoms with Crippen molar-refractivity contribution < 1.29 is 13.9 Å². The monoisotopic (exact) mass is 405 g/mol. The number of carbonyl (C=O) groups is 1. The molecule has 0 aliphatic carbocycles. The molecule has 2 N–H and O–H groups in total. The van der Waals surface area contributed by atoms with E-state index in [1.165, 1.54) is 6.08 Å². The molecule has 146 valence electrons. The summed E-state index contributed by atoms with van der Waals surface area (Å²) in [5.41, 5.74) is 4.48. The van der Waals surface area contributed by atoms with Gasteiger partial charge in [-0.1, -0.05) is 30.3 Å². The molecule has 0 spiro atoms. The fourth-order valence-electron chi connectivity index (χ4n) is 2.29. The molecule has 7 heteroatoms. The molecule has 0 aliphatic heterocycles. The van der Waals surface area contributed by atoms with Gasteiger partial charge in [-0.05, 0) is 65.8 Å². The summed E-state index contributed by atoms with van der Waals surface area (Å²) < 4.78 is 10.5. The number of hydrazone groups is 1. The van der Waals surface area contributed by atoms with Gasteiger partial charge in [-0.3, -0.25) is 5.43 Å². The Bertz CT molecular complexity index is 982. The maximum absolute atomic E-state index is 11.9. The number of hydrogen-bond donors (Lipinski definition) is 2. The average Bonchev–Trinajstić information content (AvgIpc) is 3.27. The number of ether oxygens (including phenoxy) is 1. The lowest BCUT2D eigenvalue weighted by molar-refractivity contribution is -0.128. The summed E-state index contributed by atoms with van der Waals surface area (Å²) in [5, 5.41) is 7.42. The normalized spacial score (nSPS) is 10.9. The second-order valence-electron chi connectivity index (χ2n) is 5.87. The van der Waals surface area contributed by atoms with Crippen molar-refractivity contribution >= 4 is 35.6 Å². The van der Waals surface area contributed by atoms with Gasteiger partial charge in [0.15, 0.2) is 5.11 Å². The molecule has 29 heavy (non-hydrogen) atoms. The van der Waals surface area contributed by atoms with Gasteiger partial charge in [-0.15, -0.1) is 0 Å². The molecule has 0 bridgehead atoms. The minimum atomic E-state index is -0.440. The van der Waals surface area contributed by atoms with Crippen LogP contribution in [0.3, 0.4) is 0 Å². The number of nitrogens with zero attached hydrogens (tertiary/aromatic N) is 1. The van der Waals surface area contributed by atoms with E-state index in [2.05, 4.69) is 15.8 Å². The summed E-state index contributed by atoms with van der Waals surface area (Å²) >= 11 is 5.13. The zero-order valence-corrected chi connectivity index (χ0v) is 16.3. The predicted molar refractivity (Wildman–Crippen MR) is 116 cm³/mol. The maximum atomic E-state index is 11.9. The molecule has 0 saturated carbocycles. The van der Waals surface area contributed by atoms with Crippen LogP contribution >= 0.6 is 12.2 Å². The minimum Gasteiger partial charge on any atom is -0.467 e. The first-order valence-corrected chi connectivity index (χ1v) is 9.24. The number of furan rings is 1. The Labute approximate surface area is 173 Å². The molecular formula is C22H19N3O3S. The molecule has 3 aromatic rings. The van der Waals surface area contributed by atoms with E-state index in [1.807, 2.05) is 42.5 Å². The Balaban J connectivity index is 1.43. The lowest BCUT2D eigenvalue weighted by Gasteiger charge is -2.05. The molecule has 3 rings (SSSR count). The number of nitrogens with one attached hydrogen (secondary N) is 2. The topological polar surface area (TPSA) is 75.9 Å². The number of rotatable bonds is 7. The Morgan fingerprint density at radius 3 is 2.55 bits per heavy atom. The lowest BCUT2D eigenvalue weighted by Crippen LogP contribution is -2.31. The first-order chi connectivity index (χ1) is 14.2. The summed E-state index contributed by atoms with van der Waals surface area (Å²) in [6.45, 7) is 0.479. The van der Waals surface area contributed by atoms with Crippen molar-refractivity contribution in [1.82, 2.24) is 10.7 Å². The first-order valence-electron chi connectivity index (χ1n) is 8.83. The summed E-state index contributed by atoms with van der Waals surface area (Å²) in [6.07, 6.45) is 6.32. The van der Waals surface area contributed by atoms with Crippen LogP contribution in [0.4, 0.5) is 0 Å². The highest BCUT2D eigenvalue weighted by molar-refractivity contribution is 7.80. The van der Waals surface area contributed by atoms with Gasteiger partial charge in [0.2, 0.25) is 0 Å². The van der Waals surface area contributed by atoms with E-state index >= 15 is 0 Å². The van der Waals surface area contributed by atoms with Crippen LogP contribution in [-0.2, 0) is 11.3 Å². The van der Waals surface area contributed by atoms with Gasteiger partial charge < -0.3 is 14.5 Å². The van der Waals surface area contributed by atoms with Crippen LogP contribution in [0.5, 0.6) is 5.75 Å². The molecule has 0 saturated heterocycles. The highest BCUT2D eigenvalue weighted by Gasteiger charge is 2.01. The van der Waals surface area contributed by atoms with Crippen molar-refractivity contribution in [2.45, 2.75) is 6.54 Å². The Morgan fingerprint density at radius 2 is 1.83 bits per heavy atom. The van der Waals surface area contributed by atoms with Crippen molar-refractivity contribution in [3.8, 4) is 5.75 Å². The highest BCUT2D eigenvalue weighted by Crippen LogP contribution is 2.12. The van der Waals surface area contributed by atoms with Gasteiger partial charge in [-0.25, -0.2) is 4.79 Å². The van der Waals surface area contributed by atoms with E-state index in [0.717, 1.165) is 16.9 Å². The van der Waals surface area contributed by atoms with Crippen molar-refractivity contribution in [1.29, 1.82) is 0 Å². The zero-order valence-electron chi connectivity index (χ0n) is 15.4. The molecule has 0 amide bonds. The minimum absolute atomic E-state index is 0.383. The van der Waals surface area contributed by atoms with Gasteiger partial charge >= 0.3 is 5.97 Å². The van der Waals surface area contributed by atoms with Crippen LogP contribution in [0.2, 0.25) is 0 Å². The van der Waals surface area contributed by atoms with E-state index in [-0.39, 0.29) is 0 Å². The lowest BCUT2D eigenvalue weighted by atomic mass is 10.2. The van der Waals surface area contributed by atoms with Crippen molar-refractivity contribution in [3.05, 3.63) is 96.0 Å². The zero-order chi connectivity index (χ0) is 20.3. The summed E-state index contributed by atoms with van der Waals surface area (Å²) in [5.74, 6) is 0.792. The van der Waals surface area contributed by atoms with Crippen LogP contribution in [0, 0.1) is 0 Å². The Kier molecular flexibility index (Phi) is 7.31. The van der Waals surface area contributed by atoms with Gasteiger partial charge in [0, 0.05) is 6.08 Å². The molecule has 0 fully saturated rings. The van der Waals surface area contributed by atoms with Gasteiger partial charge in [-0.2, -0.15) is 5.10 Å². The maximum Gasteiger partial charge on any atom is 0.336 e. The molecule has 6 nitrogen and oxygen atoms in total. The SMILES string of the molecule is O=C(/C=C/c1ccccc1)Oc1ccc(/C=N/NC(=S)NCc2ccco2)cc1. The second-order valence-corrected chi connectivity index (χ2v) is 6.27. The standard InChI is InChI=1S/C22H19N3O3S/c26-21(13-10-17-5-2-1-3-6-17)28-19-11-8-18(9-12-19)15-24-25-22(29)23-16-20-7-4-14-27-20/h1-15H,16H2,(H2,23,25,29)/b13-10+,24-15+. The van der Waals surface area contributed by atoms with E-state index in [4.69, 9.17) is 21.4 Å². The van der Waals surface area contributed by atoms with Gasteiger partial charge in [0.25, 0.3) is 0 Å². The number of carbonyl (C=O) groups excluding carboxylic acids is 1. The van der Waals surface area contributed by atoms with Crippen LogP contribution in [-0.4, -0.2) is 17.3 Å². The van der Waals surface area contributed by atoms with Crippen molar-refractivity contribution in [2.75, 3.05) is 0 Å². The van der Waals surface area contributed by atoms with E-state index in [0.29, 0.717) is 17.4 Å². The molecule has 1 heterocycles. The van der Waals surface area contributed by atoms with Crippen LogP contribution in [0.1, 0.15) is 16.9 Å². The van der Waals surface area contributed by atoms with E-state index < -0.39 is 5.97 Å². The Hall–Kier alpha value is -3.71. The number of benzene rings is 2. The third-order valence-electron chi connectivity index (χ3n) is 3.69. The molecule has 2 aromatic carbocycles. The fourth-order valence-corrected chi connectivity index (χ4v) is 2.41. The summed E-state index contributed by atoms with van der Waals surface area (Å²) in [4.78, 5) is 11.9. The number of thiocarbonyl (C=S) groups is 1. The highest BCUT2D eigenvalue weighted by atomic mass is 32.1. The smallest absolute Gasteiger partial charge is 0.336 e. The molecule has 1 aromatic heterocycles. The summed E-state index contributed by atoms with van der Waals surface area (Å²) in [7, 11) is 0. The summed E-state index contributed by atoms with van der Waals surface area (Å²) in [6, 6.07) is 20.2. The molecule has 0 radical (unpaired) electrons. The second kappa shape index (κ2) is 10.6. The van der Waals surface area contributed by atoms with Crippen LogP contribution < -0.4 is 15.5 Å². The Morgan fingerprint density at radius 1 is 1.03 bits per heavy atom. The molecule has 0 atom stereocenters. The average molecular weight is 405 g/mol. The van der Waals surface area contributed by atoms with Crippen LogP contribution in [0.15, 0.2) is 88.6 Å². The molecule has 0 unspecified atom stereocenters. The van der Waals surface area contributed by atoms with Crippen molar-refractivity contribution in [2.24, 2.45) is 5.10 Å². The van der Waals surface area contributed by atoms with Gasteiger partial charge in [0.1, 0.15) is 11.5 Å². The third-order valence-corrected chi connectivity index (χ3v) is 3.93. The molecule has 0 aliphatic rings. The largest absolute Gasteiger partial charge is 0.467 e. The number of hydrogen-bond acceptors (Lipinski definition) is 5.